The molecule has 0 aliphatic rings. The number of benzene rings is 1. The van der Waals surface area contributed by atoms with Gasteiger partial charge in [0.15, 0.2) is 0 Å². The summed E-state index contributed by atoms with van der Waals surface area (Å²) in [6.07, 6.45) is -3.45. The van der Waals surface area contributed by atoms with Crippen molar-refractivity contribution in [2.24, 2.45) is 0 Å². The molecule has 0 bridgehead atoms. The van der Waals surface area contributed by atoms with Crippen molar-refractivity contribution in [3.8, 4) is 0 Å². The Morgan fingerprint density at radius 2 is 1.95 bits per heavy atom. The first kappa shape index (κ1) is 16.2. The smallest absolute Gasteiger partial charge is 0.378 e. The molecule has 6 heteroatoms. The molecule has 114 valence electrons. The van der Waals surface area contributed by atoms with Gasteiger partial charge in [-0.3, -0.25) is 0 Å². The molecule has 1 aromatic carbocycles. The molecule has 2 rings (SSSR count). The fourth-order valence-corrected chi connectivity index (χ4v) is 3.17. The summed E-state index contributed by atoms with van der Waals surface area (Å²) >= 11 is 7.43. The lowest BCUT2D eigenvalue weighted by Gasteiger charge is -2.16. The lowest BCUT2D eigenvalue weighted by molar-refractivity contribution is -0.137. The van der Waals surface area contributed by atoms with E-state index in [0.717, 1.165) is 23.4 Å². The van der Waals surface area contributed by atoms with Crippen LogP contribution in [0.5, 0.6) is 0 Å². The van der Waals surface area contributed by atoms with Crippen LogP contribution < -0.4 is 5.32 Å². The second-order valence-electron chi connectivity index (χ2n) is 4.75. The minimum Gasteiger partial charge on any atom is -0.378 e. The van der Waals surface area contributed by atoms with Crippen molar-refractivity contribution in [2.45, 2.75) is 32.5 Å². The summed E-state index contributed by atoms with van der Waals surface area (Å²) in [5.74, 6) is 0. The largest absolute Gasteiger partial charge is 0.416 e. The lowest BCUT2D eigenvalue weighted by atomic mass is 10.1. The van der Waals surface area contributed by atoms with Crippen molar-refractivity contribution >= 4 is 28.6 Å². The van der Waals surface area contributed by atoms with Crippen LogP contribution in [0.3, 0.4) is 0 Å². The molecule has 0 aliphatic carbocycles. The molecule has 21 heavy (non-hydrogen) atoms. The molecule has 1 unspecified atom stereocenters. The van der Waals surface area contributed by atoms with E-state index in [2.05, 4.69) is 12.2 Å². The molecular weight excluding hydrogens is 319 g/mol. The SMILES string of the molecule is CCc1ccc(C(C)Nc2cc(Cl)cc(C(F)(F)F)c2)s1. The van der Waals surface area contributed by atoms with Crippen LogP contribution in [0, 0.1) is 0 Å². The number of thiophene rings is 1. The first-order chi connectivity index (χ1) is 9.79. The van der Waals surface area contributed by atoms with Crippen LogP contribution in [0.15, 0.2) is 30.3 Å². The second-order valence-corrected chi connectivity index (χ2v) is 6.39. The molecule has 0 aliphatic heterocycles. The topological polar surface area (TPSA) is 12.0 Å². The molecule has 0 fully saturated rings. The predicted octanol–water partition coefficient (Wildman–Crippen LogP) is 6.16. The van der Waals surface area contributed by atoms with E-state index in [9.17, 15) is 13.2 Å². The van der Waals surface area contributed by atoms with Crippen molar-refractivity contribution in [3.05, 3.63) is 50.7 Å². The Bertz CT molecular complexity index is 622. The van der Waals surface area contributed by atoms with Gasteiger partial charge in [-0.2, -0.15) is 13.2 Å². The van der Waals surface area contributed by atoms with Gasteiger partial charge in [0.1, 0.15) is 0 Å². The summed E-state index contributed by atoms with van der Waals surface area (Å²) in [6, 6.07) is 7.47. The molecule has 0 saturated carbocycles. The van der Waals surface area contributed by atoms with E-state index in [1.54, 1.807) is 11.3 Å². The van der Waals surface area contributed by atoms with Crippen molar-refractivity contribution in [2.75, 3.05) is 5.32 Å². The van der Waals surface area contributed by atoms with E-state index in [-0.39, 0.29) is 11.1 Å². The van der Waals surface area contributed by atoms with Gasteiger partial charge in [-0.1, -0.05) is 18.5 Å². The number of alkyl halides is 3. The first-order valence-electron chi connectivity index (χ1n) is 6.52. The Balaban J connectivity index is 2.20. The standard InChI is InChI=1S/C15H15ClF3NS/c1-3-13-4-5-14(21-13)9(2)20-12-7-10(15(17,18)19)6-11(16)8-12/h4-9,20H,3H2,1-2H3. The average Bonchev–Trinajstić information content (AvgIpc) is 2.85. The summed E-state index contributed by atoms with van der Waals surface area (Å²) in [5, 5.41) is 3.14. The third-order valence-electron chi connectivity index (χ3n) is 3.07. The summed E-state index contributed by atoms with van der Waals surface area (Å²) in [5.41, 5.74) is -0.376. The van der Waals surface area contributed by atoms with E-state index in [0.29, 0.717) is 5.69 Å². The number of anilines is 1. The Morgan fingerprint density at radius 1 is 1.24 bits per heavy atom. The van der Waals surface area contributed by atoms with E-state index in [1.165, 1.54) is 10.9 Å². The lowest BCUT2D eigenvalue weighted by Crippen LogP contribution is -2.08. The van der Waals surface area contributed by atoms with Crippen LogP contribution in [-0.4, -0.2) is 0 Å². The normalized spacial score (nSPS) is 13.2. The maximum absolute atomic E-state index is 12.8. The average molecular weight is 334 g/mol. The highest BCUT2D eigenvalue weighted by molar-refractivity contribution is 7.12. The van der Waals surface area contributed by atoms with Gasteiger partial charge >= 0.3 is 6.18 Å². The van der Waals surface area contributed by atoms with Crippen molar-refractivity contribution < 1.29 is 13.2 Å². The summed E-state index contributed by atoms with van der Waals surface area (Å²) in [7, 11) is 0. The number of hydrogen-bond acceptors (Lipinski definition) is 2. The number of hydrogen-bond donors (Lipinski definition) is 1. The molecule has 1 heterocycles. The zero-order chi connectivity index (χ0) is 15.6. The predicted molar refractivity (Wildman–Crippen MR) is 82.2 cm³/mol. The maximum atomic E-state index is 12.8. The van der Waals surface area contributed by atoms with Gasteiger partial charge in [0.05, 0.1) is 11.6 Å². The van der Waals surface area contributed by atoms with Gasteiger partial charge in [0.25, 0.3) is 0 Å². The molecule has 0 radical (unpaired) electrons. The second kappa shape index (κ2) is 6.28. The molecule has 1 atom stereocenters. The van der Waals surface area contributed by atoms with Gasteiger partial charge in [0.2, 0.25) is 0 Å². The third kappa shape index (κ3) is 4.14. The Kier molecular flexibility index (Phi) is 4.84. The van der Waals surface area contributed by atoms with Gasteiger partial charge in [0, 0.05) is 20.5 Å². The molecule has 0 saturated heterocycles. The first-order valence-corrected chi connectivity index (χ1v) is 7.72. The maximum Gasteiger partial charge on any atom is 0.416 e. The number of nitrogens with one attached hydrogen (secondary N) is 1. The summed E-state index contributed by atoms with van der Waals surface area (Å²) in [6.45, 7) is 3.99. The summed E-state index contributed by atoms with van der Waals surface area (Å²) in [4.78, 5) is 2.33. The third-order valence-corrected chi connectivity index (χ3v) is 4.70. The minimum atomic E-state index is -4.40. The Hall–Kier alpha value is -1.20. The van der Waals surface area contributed by atoms with E-state index >= 15 is 0 Å². The molecule has 1 aromatic heterocycles. The highest BCUT2D eigenvalue weighted by Crippen LogP contribution is 2.34. The van der Waals surface area contributed by atoms with Crippen LogP contribution in [-0.2, 0) is 12.6 Å². The molecular formula is C15H15ClF3NS. The fourth-order valence-electron chi connectivity index (χ4n) is 1.98. The van der Waals surface area contributed by atoms with Crippen molar-refractivity contribution in [3.63, 3.8) is 0 Å². The highest BCUT2D eigenvalue weighted by atomic mass is 35.5. The zero-order valence-corrected chi connectivity index (χ0v) is 13.2. The Morgan fingerprint density at radius 3 is 2.52 bits per heavy atom. The summed E-state index contributed by atoms with van der Waals surface area (Å²) < 4.78 is 38.3. The highest BCUT2D eigenvalue weighted by Gasteiger charge is 2.31. The number of aryl methyl sites for hydroxylation is 1. The van der Waals surface area contributed by atoms with Gasteiger partial charge in [-0.25, -0.2) is 0 Å². The molecule has 2 aromatic rings. The quantitative estimate of drug-likeness (QED) is 0.707. The zero-order valence-electron chi connectivity index (χ0n) is 11.6. The van der Waals surface area contributed by atoms with Gasteiger partial charge < -0.3 is 5.32 Å². The van der Waals surface area contributed by atoms with Gasteiger partial charge in [-0.15, -0.1) is 11.3 Å². The van der Waals surface area contributed by atoms with Crippen molar-refractivity contribution in [1.82, 2.24) is 0 Å². The number of halogens is 4. The molecule has 0 spiro atoms. The molecule has 0 amide bonds. The van der Waals surface area contributed by atoms with Crippen LogP contribution >= 0.6 is 22.9 Å². The van der Waals surface area contributed by atoms with Crippen LogP contribution in [0.4, 0.5) is 18.9 Å². The Labute approximate surface area is 130 Å². The molecule has 1 nitrogen and oxygen atoms in total. The van der Waals surface area contributed by atoms with Crippen LogP contribution in [0.2, 0.25) is 5.02 Å². The van der Waals surface area contributed by atoms with Crippen LogP contribution in [0.25, 0.3) is 0 Å². The number of rotatable bonds is 4. The monoisotopic (exact) mass is 333 g/mol. The fraction of sp³-hybridized carbons (Fsp3) is 0.333. The molecule has 1 N–H and O–H groups in total. The van der Waals surface area contributed by atoms with Gasteiger partial charge in [-0.05, 0) is 43.7 Å². The van der Waals surface area contributed by atoms with E-state index in [1.807, 2.05) is 19.1 Å². The minimum absolute atomic E-state index is 0.0694. The van der Waals surface area contributed by atoms with Crippen LogP contribution in [0.1, 0.15) is 35.2 Å². The van der Waals surface area contributed by atoms with E-state index < -0.39 is 11.7 Å². The van der Waals surface area contributed by atoms with Crippen molar-refractivity contribution in [1.29, 1.82) is 0 Å². The van der Waals surface area contributed by atoms with E-state index in [4.69, 9.17) is 11.6 Å².